The van der Waals surface area contributed by atoms with Crippen LogP contribution in [-0.2, 0) is 32.9 Å². The van der Waals surface area contributed by atoms with Crippen LogP contribution in [-0.4, -0.2) is 9.97 Å². The number of hydrogen-bond donors (Lipinski definition) is 0. The van der Waals surface area contributed by atoms with Gasteiger partial charge in [0.05, 0.1) is 5.58 Å². The van der Waals surface area contributed by atoms with E-state index >= 15 is 0 Å². The van der Waals surface area contributed by atoms with Gasteiger partial charge >= 0.3 is 0 Å². The molecule has 7 aromatic rings. The van der Waals surface area contributed by atoms with Crippen molar-refractivity contribution < 1.29 is 38.2 Å². The number of benzene rings is 4. The summed E-state index contributed by atoms with van der Waals surface area (Å²) in [6.07, 6.45) is -0.819. The first-order chi connectivity index (χ1) is 25.3. The third kappa shape index (κ3) is 7.25. The Morgan fingerprint density at radius 2 is 1.50 bits per heavy atom. The van der Waals surface area contributed by atoms with Crippen molar-refractivity contribution in [3.05, 3.63) is 120 Å². The molecule has 0 saturated heterocycles. The third-order valence-electron chi connectivity index (χ3n) is 7.16. The number of rotatable bonds is 4. The predicted octanol–water partition coefficient (Wildman–Crippen LogP) is 11.4. The van der Waals surface area contributed by atoms with Gasteiger partial charge in [-0.2, -0.15) is 0 Å². The second-order valence-electron chi connectivity index (χ2n) is 13.2. The Morgan fingerprint density at radius 3 is 2.22 bits per heavy atom. The first-order valence-corrected chi connectivity index (χ1v) is 14.9. The average molecular weight is 793 g/mol. The molecule has 0 fully saturated rings. The maximum atomic E-state index is 8.77. The quantitative estimate of drug-likeness (QED) is 0.132. The van der Waals surface area contributed by atoms with Crippen molar-refractivity contribution in [2.75, 3.05) is 0 Å². The fraction of sp³-hybridized carbons (Fsp3) is 0.286. The molecule has 0 N–H and O–H groups in total. The summed E-state index contributed by atoms with van der Waals surface area (Å²) < 4.78 is 87.1. The molecule has 4 heteroatoms. The molecule has 0 amide bonds. The van der Waals surface area contributed by atoms with Gasteiger partial charge in [-0.25, -0.2) is 0 Å². The summed E-state index contributed by atoms with van der Waals surface area (Å²) in [5.41, 5.74) is 2.57. The van der Waals surface area contributed by atoms with Crippen LogP contribution in [0, 0.1) is 36.7 Å². The normalized spacial score (nSPS) is 16.3. The van der Waals surface area contributed by atoms with Crippen LogP contribution in [0.15, 0.2) is 89.6 Å². The molecule has 46 heavy (non-hydrogen) atoms. The van der Waals surface area contributed by atoms with E-state index in [9.17, 15) is 0 Å². The van der Waals surface area contributed by atoms with Crippen LogP contribution in [0.4, 0.5) is 0 Å². The summed E-state index contributed by atoms with van der Waals surface area (Å²) in [5.74, 6) is 0. The molecule has 0 aliphatic heterocycles. The molecule has 4 aromatic carbocycles. The zero-order valence-electron chi connectivity index (χ0n) is 36.7. The standard InChI is InChI=1S/C21H14NO.C21H28N.Ir/c1-12-10-17(22-11-13(12)2)15-8-9-19-21-16(15)7-6-14-4-3-5-18(23-19)20(14)21;1-20(2,3)13-17-12-19(16-10-8-7-9-11-16)22-15-18(17)14-21(4,5)6;/h3-7,9-11H,1-2H3;7-10,12,15H,13-14H2,1-6H3;/q2*-1;/i1D3,2D3;13D2,14D2;. The molecule has 1 radical (unpaired) electrons. The summed E-state index contributed by atoms with van der Waals surface area (Å²) in [5, 5.41) is 3.78. The Balaban J connectivity index is 0.000000212. The molecule has 3 aromatic heterocycles. The zero-order chi connectivity index (χ0) is 40.5. The molecule has 237 valence electrons. The van der Waals surface area contributed by atoms with Crippen LogP contribution in [0.2, 0.25) is 0 Å². The molecular formula is C42H42IrN2O-2. The van der Waals surface area contributed by atoms with Gasteiger partial charge in [0.15, 0.2) is 0 Å². The molecule has 3 heterocycles. The van der Waals surface area contributed by atoms with Crippen LogP contribution in [0.1, 0.15) is 77.5 Å². The van der Waals surface area contributed by atoms with E-state index in [-0.39, 0.29) is 31.2 Å². The largest absolute Gasteiger partial charge is 0.500 e. The molecule has 3 nitrogen and oxygen atoms in total. The number of aromatic nitrogens is 2. The summed E-state index contributed by atoms with van der Waals surface area (Å²) in [6.45, 7) is 5.82. The first kappa shape index (κ1) is 22.6. The van der Waals surface area contributed by atoms with E-state index in [1.807, 2.05) is 90.1 Å². The fourth-order valence-corrected chi connectivity index (χ4v) is 5.35. The number of hydrogen-bond acceptors (Lipinski definition) is 3. The SMILES string of the molecule is [2H]C([2H])([2H])c1cnc(-c2[c-]cc3oc4cccc5ccc2c3c54)cc1C([2H])([2H])[2H].[2H]C([2H])(c1cnc(-c2[c-]cccc2)cc1C([2H])([2H])C(C)(C)C)C(C)(C)C.[Ir]. The zero-order valence-corrected chi connectivity index (χ0v) is 29.1. The van der Waals surface area contributed by atoms with Crippen molar-refractivity contribution >= 4 is 32.7 Å². The van der Waals surface area contributed by atoms with Gasteiger partial charge in [0.25, 0.3) is 0 Å². The predicted molar refractivity (Wildman–Crippen MR) is 189 cm³/mol. The minimum atomic E-state index is -2.58. The number of nitrogens with zero attached hydrogens (tertiary/aromatic N) is 2. The number of pyridine rings is 2. The smallest absolute Gasteiger partial charge is 0.121 e. The first-order valence-electron chi connectivity index (χ1n) is 19.9. The van der Waals surface area contributed by atoms with Crippen LogP contribution in [0.3, 0.4) is 0 Å². The second-order valence-corrected chi connectivity index (χ2v) is 13.2. The molecule has 0 saturated carbocycles. The molecule has 0 atom stereocenters. The van der Waals surface area contributed by atoms with Crippen LogP contribution in [0.5, 0.6) is 0 Å². The van der Waals surface area contributed by atoms with E-state index in [2.05, 4.69) is 22.1 Å². The van der Waals surface area contributed by atoms with Gasteiger partial charge in [-0.05, 0) is 82.2 Å². The van der Waals surface area contributed by atoms with Gasteiger partial charge in [0.1, 0.15) is 5.58 Å². The van der Waals surface area contributed by atoms with Crippen molar-refractivity contribution in [2.45, 2.75) is 68.0 Å². The molecule has 0 aliphatic carbocycles. The third-order valence-corrected chi connectivity index (χ3v) is 7.16. The summed E-state index contributed by atoms with van der Waals surface area (Å²) in [6, 6.07) is 28.1. The van der Waals surface area contributed by atoms with E-state index in [1.54, 1.807) is 18.2 Å². The number of aryl methyl sites for hydroxylation is 2. The Bertz CT molecular complexity index is 2490. The van der Waals surface area contributed by atoms with Crippen LogP contribution >= 0.6 is 0 Å². The van der Waals surface area contributed by atoms with Gasteiger partial charge in [0, 0.05) is 51.6 Å². The Hall–Kier alpha value is -3.85. The van der Waals surface area contributed by atoms with Crippen molar-refractivity contribution in [3.8, 4) is 22.5 Å². The summed E-state index contributed by atoms with van der Waals surface area (Å²) in [7, 11) is 0. The van der Waals surface area contributed by atoms with Crippen LogP contribution in [0.25, 0.3) is 55.2 Å². The Morgan fingerprint density at radius 1 is 0.739 bits per heavy atom. The minimum Gasteiger partial charge on any atom is -0.500 e. The van der Waals surface area contributed by atoms with Crippen molar-refractivity contribution in [1.29, 1.82) is 0 Å². The number of furan rings is 1. The Labute approximate surface area is 301 Å². The average Bonchev–Trinajstić information content (AvgIpc) is 3.49. The van der Waals surface area contributed by atoms with Crippen molar-refractivity contribution in [2.24, 2.45) is 10.8 Å². The second kappa shape index (κ2) is 13.1. The molecule has 0 unspecified atom stereocenters. The van der Waals surface area contributed by atoms with Gasteiger partial charge in [0.2, 0.25) is 0 Å². The fourth-order valence-electron chi connectivity index (χ4n) is 5.35. The molecule has 0 spiro atoms. The molecule has 0 aliphatic rings. The van der Waals surface area contributed by atoms with Gasteiger partial charge in [-0.3, -0.25) is 0 Å². The van der Waals surface area contributed by atoms with E-state index in [0.717, 1.165) is 38.9 Å². The molecule has 0 bridgehead atoms. The van der Waals surface area contributed by atoms with E-state index in [1.165, 1.54) is 12.3 Å². The van der Waals surface area contributed by atoms with E-state index < -0.39 is 37.3 Å². The molecule has 7 rings (SSSR count). The van der Waals surface area contributed by atoms with Gasteiger partial charge in [-0.15, -0.1) is 53.6 Å². The van der Waals surface area contributed by atoms with E-state index in [4.69, 9.17) is 18.1 Å². The maximum Gasteiger partial charge on any atom is 0.121 e. The summed E-state index contributed by atoms with van der Waals surface area (Å²) in [4.78, 5) is 8.73. The van der Waals surface area contributed by atoms with Crippen molar-refractivity contribution in [3.63, 3.8) is 0 Å². The van der Waals surface area contributed by atoms with Gasteiger partial charge in [-0.1, -0.05) is 88.9 Å². The Kier molecular flexibility index (Phi) is 6.45. The maximum absolute atomic E-state index is 8.77. The minimum absolute atomic E-state index is 0. The topological polar surface area (TPSA) is 38.9 Å². The van der Waals surface area contributed by atoms with Crippen LogP contribution < -0.4 is 0 Å². The monoisotopic (exact) mass is 793 g/mol. The van der Waals surface area contributed by atoms with E-state index in [0.29, 0.717) is 33.7 Å². The summed E-state index contributed by atoms with van der Waals surface area (Å²) >= 11 is 0. The molecular weight excluding hydrogens is 741 g/mol. The van der Waals surface area contributed by atoms with Gasteiger partial charge < -0.3 is 14.4 Å². The van der Waals surface area contributed by atoms with Crippen molar-refractivity contribution in [1.82, 2.24) is 9.97 Å².